The minimum Gasteiger partial charge on any atom is -0.398 e. The van der Waals surface area contributed by atoms with Crippen LogP contribution in [-0.2, 0) is 9.53 Å². The Labute approximate surface area is 278 Å². The molecule has 44 heavy (non-hydrogen) atoms. The molecule has 1 aliphatic carbocycles. The number of methoxy groups -OCH3 is 1. The van der Waals surface area contributed by atoms with Gasteiger partial charge in [0, 0.05) is 68.9 Å². The van der Waals surface area contributed by atoms with Gasteiger partial charge in [0.25, 0.3) is 5.91 Å². The summed E-state index contributed by atoms with van der Waals surface area (Å²) in [6, 6.07) is 18.7. The second-order valence-electron chi connectivity index (χ2n) is 10.7. The Morgan fingerprint density at radius 2 is 1.50 bits per heavy atom. The summed E-state index contributed by atoms with van der Waals surface area (Å²) in [4.78, 5) is 25.0. The molecule has 1 saturated carbocycles. The van der Waals surface area contributed by atoms with Gasteiger partial charge in [-0.05, 0) is 79.6 Å². The molecular formula is C34H47Cl3N4O3. The van der Waals surface area contributed by atoms with E-state index in [1.165, 1.54) is 12.8 Å². The summed E-state index contributed by atoms with van der Waals surface area (Å²) in [5.41, 5.74) is 9.94. The molecule has 1 heterocycles. The Morgan fingerprint density at radius 3 is 1.89 bits per heavy atom. The van der Waals surface area contributed by atoms with E-state index in [2.05, 4.69) is 28.8 Å². The van der Waals surface area contributed by atoms with Crippen LogP contribution in [0.25, 0.3) is 0 Å². The van der Waals surface area contributed by atoms with Crippen LogP contribution in [0.4, 0.5) is 17.1 Å². The number of amides is 1. The fraction of sp³-hybridized carbons (Fsp3) is 0.412. The average Bonchev–Trinajstić information content (AvgIpc) is 3.86. The molecule has 0 aromatic heterocycles. The molecule has 0 atom stereocenters. The number of anilines is 3. The van der Waals surface area contributed by atoms with Gasteiger partial charge in [-0.2, -0.15) is 0 Å². The van der Waals surface area contributed by atoms with E-state index in [-0.39, 0.29) is 5.91 Å². The molecular weight excluding hydrogens is 619 g/mol. The number of nitrogens with zero attached hydrogens (tertiary/aromatic N) is 2. The number of ether oxygens (including phenoxy) is 1. The van der Waals surface area contributed by atoms with E-state index in [9.17, 15) is 4.79 Å². The molecule has 242 valence electrons. The summed E-state index contributed by atoms with van der Waals surface area (Å²) in [6.45, 7) is 11.2. The molecule has 1 saturated heterocycles. The summed E-state index contributed by atoms with van der Waals surface area (Å²) < 4.78 is 4.25. The van der Waals surface area contributed by atoms with Crippen molar-refractivity contribution in [2.75, 3.05) is 63.4 Å². The molecule has 7 nitrogen and oxygen atoms in total. The molecule has 0 spiro atoms. The number of rotatable bonds is 4. The Balaban J connectivity index is 0.000000435. The summed E-state index contributed by atoms with van der Waals surface area (Å²) in [6.07, 6.45) is 3.00. The van der Waals surface area contributed by atoms with Crippen molar-refractivity contribution in [1.82, 2.24) is 4.90 Å². The first kappa shape index (κ1) is 39.1. The summed E-state index contributed by atoms with van der Waals surface area (Å²) in [5.74, 6) is 2.04. The standard InChI is InChI=1S/C19H22Cl2N4O.C6H5Cl.C6H12.C2H6O.CH2O/c1-12-9-14(23-2)11-16(22)18(12)19(26)25-7-5-24(6-8-25)17-4-3-13(20)10-15(17)21;7-6-4-2-1-3-5-6;1-5(2)6-3-4-6;1-3-2;1-2/h3-4,9-11,23H,5-8,22H2,1-2H3;1-5H;5-6H,3-4H2,1-2H3;1-2H3;1H2. The Kier molecular flexibility index (Phi) is 18.5. The Bertz CT molecular complexity index is 1240. The number of aryl methyl sites for hydroxylation is 1. The van der Waals surface area contributed by atoms with Gasteiger partial charge >= 0.3 is 0 Å². The molecule has 0 radical (unpaired) electrons. The number of hydrogen-bond donors (Lipinski definition) is 2. The minimum absolute atomic E-state index is 0.0236. The van der Waals surface area contributed by atoms with Gasteiger partial charge in [-0.3, -0.25) is 4.79 Å². The number of carbonyl (C=O) groups is 2. The third-order valence-electron chi connectivity index (χ3n) is 6.98. The van der Waals surface area contributed by atoms with Crippen molar-refractivity contribution in [3.63, 3.8) is 0 Å². The molecule has 2 fully saturated rings. The second kappa shape index (κ2) is 20.9. The zero-order valence-electron chi connectivity index (χ0n) is 26.7. The highest BCUT2D eigenvalue weighted by molar-refractivity contribution is 6.36. The van der Waals surface area contributed by atoms with E-state index >= 15 is 0 Å². The van der Waals surface area contributed by atoms with Gasteiger partial charge in [0.15, 0.2) is 0 Å². The SMILES string of the molecule is C=O.CC(C)C1CC1.CNc1cc(C)c(C(=O)N2CCN(c3ccc(Cl)cc3Cl)CC2)c(N)c1.COC.Clc1ccccc1. The summed E-state index contributed by atoms with van der Waals surface area (Å²) >= 11 is 17.8. The van der Waals surface area contributed by atoms with E-state index in [1.54, 1.807) is 26.4 Å². The van der Waals surface area contributed by atoms with Crippen molar-refractivity contribution in [3.8, 4) is 0 Å². The average molecular weight is 666 g/mol. The fourth-order valence-corrected chi connectivity index (χ4v) is 5.15. The third kappa shape index (κ3) is 13.3. The second-order valence-corrected chi connectivity index (χ2v) is 11.9. The lowest BCUT2D eigenvalue weighted by Crippen LogP contribution is -2.49. The Morgan fingerprint density at radius 1 is 0.932 bits per heavy atom. The van der Waals surface area contributed by atoms with E-state index in [1.807, 2.05) is 74.2 Å². The number of benzene rings is 3. The van der Waals surface area contributed by atoms with Crippen LogP contribution in [0.1, 0.15) is 42.6 Å². The van der Waals surface area contributed by atoms with Crippen molar-refractivity contribution in [1.29, 1.82) is 0 Å². The first-order chi connectivity index (χ1) is 21.0. The van der Waals surface area contributed by atoms with Crippen LogP contribution in [0, 0.1) is 18.8 Å². The quantitative estimate of drug-likeness (QED) is 0.272. The van der Waals surface area contributed by atoms with Crippen LogP contribution in [0.2, 0.25) is 15.1 Å². The lowest BCUT2D eigenvalue weighted by molar-refractivity contribution is -0.0980. The molecule has 1 amide bonds. The highest BCUT2D eigenvalue weighted by Gasteiger charge is 2.26. The molecule has 0 unspecified atom stereocenters. The maximum Gasteiger partial charge on any atom is 0.256 e. The topological polar surface area (TPSA) is 87.9 Å². The number of carbonyl (C=O) groups excluding carboxylic acids is 2. The molecule has 2 aliphatic rings. The van der Waals surface area contributed by atoms with E-state index in [4.69, 9.17) is 45.3 Å². The van der Waals surface area contributed by atoms with E-state index in [0.717, 1.165) is 33.8 Å². The van der Waals surface area contributed by atoms with Crippen molar-refractivity contribution < 1.29 is 14.3 Å². The van der Waals surface area contributed by atoms with Crippen molar-refractivity contribution in [2.45, 2.75) is 33.6 Å². The van der Waals surface area contributed by atoms with E-state index in [0.29, 0.717) is 47.5 Å². The first-order valence-corrected chi connectivity index (χ1v) is 15.6. The van der Waals surface area contributed by atoms with Crippen molar-refractivity contribution >= 4 is 64.6 Å². The number of hydrogen-bond acceptors (Lipinski definition) is 6. The smallest absolute Gasteiger partial charge is 0.256 e. The van der Waals surface area contributed by atoms with Gasteiger partial charge in [0.2, 0.25) is 0 Å². The largest absolute Gasteiger partial charge is 0.398 e. The van der Waals surface area contributed by atoms with Crippen LogP contribution >= 0.6 is 34.8 Å². The van der Waals surface area contributed by atoms with Crippen LogP contribution in [0.3, 0.4) is 0 Å². The lowest BCUT2D eigenvalue weighted by atomic mass is 10.0. The maximum absolute atomic E-state index is 13.0. The molecule has 3 aromatic rings. The van der Waals surface area contributed by atoms with Crippen LogP contribution in [-0.4, -0.2) is 65.0 Å². The molecule has 10 heteroatoms. The number of nitrogen functional groups attached to an aromatic ring is 1. The fourth-order valence-electron chi connectivity index (χ4n) is 4.47. The maximum atomic E-state index is 13.0. The molecule has 3 N–H and O–H groups in total. The first-order valence-electron chi connectivity index (χ1n) is 14.5. The predicted molar refractivity (Wildman–Crippen MR) is 189 cm³/mol. The summed E-state index contributed by atoms with van der Waals surface area (Å²) in [7, 11) is 5.08. The minimum atomic E-state index is -0.0236. The van der Waals surface area contributed by atoms with Crippen molar-refractivity contribution in [3.05, 3.63) is 86.9 Å². The molecule has 0 bridgehead atoms. The van der Waals surface area contributed by atoms with Crippen molar-refractivity contribution in [2.24, 2.45) is 11.8 Å². The van der Waals surface area contributed by atoms with Gasteiger partial charge in [-0.1, -0.05) is 66.8 Å². The van der Waals surface area contributed by atoms with Crippen LogP contribution < -0.4 is 16.0 Å². The van der Waals surface area contributed by atoms with Gasteiger partial charge in [-0.25, -0.2) is 0 Å². The van der Waals surface area contributed by atoms with Gasteiger partial charge in [0.1, 0.15) is 6.79 Å². The monoisotopic (exact) mass is 664 g/mol. The normalized spacial score (nSPS) is 13.5. The number of halogens is 3. The molecule has 1 aliphatic heterocycles. The number of piperazine rings is 1. The van der Waals surface area contributed by atoms with E-state index < -0.39 is 0 Å². The molecule has 5 rings (SSSR count). The van der Waals surface area contributed by atoms with Gasteiger partial charge in [-0.15, -0.1) is 0 Å². The van der Waals surface area contributed by atoms with Gasteiger partial charge in [0.05, 0.1) is 16.3 Å². The number of nitrogens with two attached hydrogens (primary N) is 1. The predicted octanol–water partition coefficient (Wildman–Crippen LogP) is 8.36. The lowest BCUT2D eigenvalue weighted by Gasteiger charge is -2.37. The highest BCUT2D eigenvalue weighted by atomic mass is 35.5. The zero-order chi connectivity index (χ0) is 33.2. The number of nitrogens with one attached hydrogen (secondary N) is 1. The van der Waals surface area contributed by atoms with Crippen LogP contribution in [0.15, 0.2) is 60.7 Å². The Hall–Kier alpha value is -2.97. The third-order valence-corrected chi connectivity index (χ3v) is 7.77. The molecule has 3 aromatic carbocycles. The van der Waals surface area contributed by atoms with Crippen LogP contribution in [0.5, 0.6) is 0 Å². The zero-order valence-corrected chi connectivity index (χ0v) is 29.0. The summed E-state index contributed by atoms with van der Waals surface area (Å²) in [5, 5.41) is 5.09. The highest BCUT2D eigenvalue weighted by Crippen LogP contribution is 2.35. The van der Waals surface area contributed by atoms with Gasteiger partial charge < -0.3 is 30.4 Å².